The van der Waals surface area contributed by atoms with Crippen LogP contribution in [0.25, 0.3) is 21.5 Å². The van der Waals surface area contributed by atoms with Crippen molar-refractivity contribution in [3.8, 4) is 5.75 Å². The van der Waals surface area contributed by atoms with Gasteiger partial charge in [-0.25, -0.2) is 4.79 Å². The third-order valence-electron chi connectivity index (χ3n) is 4.79. The Bertz CT molecular complexity index is 1000. The van der Waals surface area contributed by atoms with Gasteiger partial charge >= 0.3 is 5.97 Å². The van der Waals surface area contributed by atoms with Gasteiger partial charge in [0.1, 0.15) is 24.1 Å². The van der Waals surface area contributed by atoms with Gasteiger partial charge in [0.05, 0.1) is 0 Å². The molecule has 0 radical (unpaired) electrons. The van der Waals surface area contributed by atoms with Gasteiger partial charge in [0.2, 0.25) is 6.29 Å². The van der Waals surface area contributed by atoms with E-state index in [2.05, 4.69) is 0 Å². The van der Waals surface area contributed by atoms with Crippen LogP contribution in [0.1, 0.15) is 0 Å². The number of carbonyl (C=O) groups is 1. The molecule has 1 heterocycles. The van der Waals surface area contributed by atoms with E-state index in [1.54, 1.807) is 6.07 Å². The topological polar surface area (TPSA) is 116 Å². The van der Waals surface area contributed by atoms with E-state index in [0.717, 1.165) is 21.5 Å². The summed E-state index contributed by atoms with van der Waals surface area (Å²) in [4.78, 5) is 11.3. The van der Waals surface area contributed by atoms with Gasteiger partial charge in [-0.3, -0.25) is 0 Å². The minimum absolute atomic E-state index is 0.376. The summed E-state index contributed by atoms with van der Waals surface area (Å²) in [6.07, 6.45) is -8.24. The Hall–Kier alpha value is -2.71. The second kappa shape index (κ2) is 6.79. The van der Waals surface area contributed by atoms with Crippen LogP contribution in [0.15, 0.2) is 54.6 Å². The lowest BCUT2D eigenvalue weighted by Gasteiger charge is -2.38. The molecule has 7 nitrogen and oxygen atoms in total. The van der Waals surface area contributed by atoms with Gasteiger partial charge in [0.25, 0.3) is 0 Å². The zero-order valence-corrected chi connectivity index (χ0v) is 14.1. The molecular weight excluding hydrogens is 352 g/mol. The van der Waals surface area contributed by atoms with Crippen LogP contribution in [0.5, 0.6) is 5.75 Å². The van der Waals surface area contributed by atoms with E-state index >= 15 is 0 Å². The van der Waals surface area contributed by atoms with Gasteiger partial charge in [-0.2, -0.15) is 0 Å². The number of ether oxygens (including phenoxy) is 2. The molecule has 0 aliphatic carbocycles. The normalized spacial score (nSPS) is 28.3. The fourth-order valence-corrected chi connectivity index (χ4v) is 3.39. The summed E-state index contributed by atoms with van der Waals surface area (Å²) in [7, 11) is 0. The standard InChI is InChI=1S/C20H18O7/c21-15-16(22)18(19(24)25)27-20(17(15)23)26-14-9-10-5-1-2-6-11(10)12-7-3-4-8-13(12)14/h1-9,15-18,20-23H,(H,24,25). The van der Waals surface area contributed by atoms with Gasteiger partial charge in [0.15, 0.2) is 6.10 Å². The summed E-state index contributed by atoms with van der Waals surface area (Å²) in [5.41, 5.74) is 0. The third-order valence-corrected chi connectivity index (χ3v) is 4.79. The smallest absolute Gasteiger partial charge is 0.335 e. The molecule has 27 heavy (non-hydrogen) atoms. The van der Waals surface area contributed by atoms with Crippen LogP contribution in [-0.4, -0.2) is 57.1 Å². The fraction of sp³-hybridized carbons (Fsp3) is 0.250. The molecule has 3 aromatic rings. The average Bonchev–Trinajstić information content (AvgIpc) is 2.68. The Kier molecular flexibility index (Phi) is 4.45. The van der Waals surface area contributed by atoms with Crippen molar-refractivity contribution in [2.75, 3.05) is 0 Å². The maximum Gasteiger partial charge on any atom is 0.335 e. The number of fused-ring (bicyclic) bond motifs is 3. The SMILES string of the molecule is O=C(O)C1OC(Oc2cc3ccccc3c3ccccc23)C(O)C(O)C1O. The van der Waals surface area contributed by atoms with Crippen LogP contribution < -0.4 is 4.74 Å². The van der Waals surface area contributed by atoms with Gasteiger partial charge in [-0.1, -0.05) is 48.5 Å². The second-order valence-corrected chi connectivity index (χ2v) is 6.49. The number of aliphatic carboxylic acids is 1. The van der Waals surface area contributed by atoms with E-state index in [1.165, 1.54) is 0 Å². The van der Waals surface area contributed by atoms with Crippen molar-refractivity contribution in [2.45, 2.75) is 30.7 Å². The number of benzene rings is 3. The van der Waals surface area contributed by atoms with E-state index in [4.69, 9.17) is 9.47 Å². The molecule has 0 amide bonds. The van der Waals surface area contributed by atoms with E-state index in [1.807, 2.05) is 48.5 Å². The zero-order valence-electron chi connectivity index (χ0n) is 14.1. The first-order chi connectivity index (χ1) is 13.0. The van der Waals surface area contributed by atoms with Gasteiger partial charge in [-0.15, -0.1) is 0 Å². The van der Waals surface area contributed by atoms with Crippen LogP contribution in [0, 0.1) is 0 Å². The Labute approximate surface area is 154 Å². The van der Waals surface area contributed by atoms with E-state index < -0.39 is 36.7 Å². The lowest BCUT2D eigenvalue weighted by atomic mass is 9.98. The van der Waals surface area contributed by atoms with E-state index in [-0.39, 0.29) is 0 Å². The molecule has 4 rings (SSSR count). The number of hydrogen-bond acceptors (Lipinski definition) is 6. The summed E-state index contributed by atoms with van der Waals surface area (Å²) >= 11 is 0. The molecule has 140 valence electrons. The Morgan fingerprint density at radius 3 is 2.19 bits per heavy atom. The molecule has 1 aliphatic heterocycles. The molecule has 1 aliphatic rings. The summed E-state index contributed by atoms with van der Waals surface area (Å²) in [6.45, 7) is 0. The van der Waals surface area contributed by atoms with Crippen LogP contribution >= 0.6 is 0 Å². The van der Waals surface area contributed by atoms with Crippen LogP contribution in [-0.2, 0) is 9.53 Å². The van der Waals surface area contributed by atoms with Gasteiger partial charge in [-0.05, 0) is 22.2 Å². The molecule has 4 N–H and O–H groups in total. The van der Waals surface area contributed by atoms with Gasteiger partial charge in [0, 0.05) is 5.39 Å². The molecule has 0 saturated carbocycles. The molecule has 0 aromatic heterocycles. The number of aliphatic hydroxyl groups is 3. The van der Waals surface area contributed by atoms with Crippen molar-refractivity contribution in [1.29, 1.82) is 0 Å². The monoisotopic (exact) mass is 370 g/mol. The molecule has 3 aromatic carbocycles. The minimum atomic E-state index is -1.76. The summed E-state index contributed by atoms with van der Waals surface area (Å²) in [6, 6.07) is 17.0. The first-order valence-electron chi connectivity index (χ1n) is 8.47. The van der Waals surface area contributed by atoms with Crippen molar-refractivity contribution >= 4 is 27.5 Å². The Balaban J connectivity index is 1.77. The molecule has 1 saturated heterocycles. The maximum atomic E-state index is 11.3. The first-order valence-corrected chi connectivity index (χ1v) is 8.47. The molecule has 7 heteroatoms. The molecule has 0 bridgehead atoms. The molecule has 5 atom stereocenters. The van der Waals surface area contributed by atoms with Crippen molar-refractivity contribution < 1.29 is 34.7 Å². The fourth-order valence-electron chi connectivity index (χ4n) is 3.39. The summed E-state index contributed by atoms with van der Waals surface area (Å²) in [5, 5.41) is 42.7. The molecule has 0 spiro atoms. The third kappa shape index (κ3) is 3.00. The van der Waals surface area contributed by atoms with Gasteiger partial charge < -0.3 is 29.9 Å². The lowest BCUT2D eigenvalue weighted by molar-refractivity contribution is -0.270. The first kappa shape index (κ1) is 17.7. The lowest BCUT2D eigenvalue weighted by Crippen LogP contribution is -2.61. The molecule has 5 unspecified atom stereocenters. The number of aliphatic hydroxyl groups excluding tert-OH is 3. The maximum absolute atomic E-state index is 11.3. The second-order valence-electron chi connectivity index (χ2n) is 6.49. The van der Waals surface area contributed by atoms with Crippen LogP contribution in [0.3, 0.4) is 0 Å². The quantitative estimate of drug-likeness (QED) is 0.513. The van der Waals surface area contributed by atoms with Crippen LogP contribution in [0.4, 0.5) is 0 Å². The van der Waals surface area contributed by atoms with E-state index in [9.17, 15) is 25.2 Å². The number of carboxylic acids is 1. The Morgan fingerprint density at radius 2 is 1.48 bits per heavy atom. The van der Waals surface area contributed by atoms with Crippen LogP contribution in [0.2, 0.25) is 0 Å². The average molecular weight is 370 g/mol. The molecule has 1 fully saturated rings. The van der Waals surface area contributed by atoms with Crippen molar-refractivity contribution in [1.82, 2.24) is 0 Å². The highest BCUT2D eigenvalue weighted by molar-refractivity contribution is 6.10. The molecular formula is C20H18O7. The Morgan fingerprint density at radius 1 is 0.852 bits per heavy atom. The minimum Gasteiger partial charge on any atom is -0.479 e. The number of carboxylic acid groups (broad SMARTS) is 1. The number of rotatable bonds is 3. The highest BCUT2D eigenvalue weighted by atomic mass is 16.7. The van der Waals surface area contributed by atoms with E-state index in [0.29, 0.717) is 5.75 Å². The summed E-state index contributed by atoms with van der Waals surface area (Å²) in [5.74, 6) is -1.08. The van der Waals surface area contributed by atoms with Crippen molar-refractivity contribution in [2.24, 2.45) is 0 Å². The largest absolute Gasteiger partial charge is 0.479 e. The van der Waals surface area contributed by atoms with Crippen molar-refractivity contribution in [3.63, 3.8) is 0 Å². The summed E-state index contributed by atoms with van der Waals surface area (Å²) < 4.78 is 11.0. The number of hydrogen-bond donors (Lipinski definition) is 4. The highest BCUT2D eigenvalue weighted by Gasteiger charge is 2.48. The highest BCUT2D eigenvalue weighted by Crippen LogP contribution is 2.35. The predicted octanol–water partition coefficient (Wildman–Crippen LogP) is 1.26. The predicted molar refractivity (Wildman–Crippen MR) is 96.4 cm³/mol. The zero-order chi connectivity index (χ0) is 19.1. The van der Waals surface area contributed by atoms with Crippen molar-refractivity contribution in [3.05, 3.63) is 54.6 Å².